The van der Waals surface area contributed by atoms with Crippen molar-refractivity contribution in [1.82, 2.24) is 0 Å². The molecule has 18 heavy (non-hydrogen) atoms. The molecule has 0 amide bonds. The van der Waals surface area contributed by atoms with Crippen molar-refractivity contribution in [3.63, 3.8) is 0 Å². The first kappa shape index (κ1) is 14.8. The minimum absolute atomic E-state index is 0.0146. The first-order valence-corrected chi connectivity index (χ1v) is 7.75. The molecule has 0 bridgehead atoms. The van der Waals surface area contributed by atoms with Crippen LogP contribution >= 0.6 is 0 Å². The molecule has 0 aromatic heterocycles. The van der Waals surface area contributed by atoms with E-state index in [1.165, 1.54) is 0 Å². The van der Waals surface area contributed by atoms with Crippen molar-refractivity contribution in [2.45, 2.75) is 26.0 Å². The Morgan fingerprint density at radius 3 is 2.39 bits per heavy atom. The van der Waals surface area contributed by atoms with E-state index in [4.69, 9.17) is 10.5 Å². The van der Waals surface area contributed by atoms with Crippen molar-refractivity contribution in [3.05, 3.63) is 24.3 Å². The maximum absolute atomic E-state index is 11.9. The fourth-order valence-electron chi connectivity index (χ4n) is 1.48. The monoisotopic (exact) mass is 271 g/mol. The number of para-hydroxylation sites is 2. The van der Waals surface area contributed by atoms with Crippen LogP contribution in [-0.2, 0) is 9.84 Å². The minimum atomic E-state index is -3.11. The van der Waals surface area contributed by atoms with Crippen molar-refractivity contribution < 1.29 is 13.2 Å². The van der Waals surface area contributed by atoms with Gasteiger partial charge in [-0.3, -0.25) is 0 Å². The van der Waals surface area contributed by atoms with Crippen LogP contribution in [0.25, 0.3) is 0 Å². The van der Waals surface area contributed by atoms with Gasteiger partial charge in [-0.2, -0.15) is 0 Å². The molecule has 1 atom stereocenters. The SMILES string of the molecule is CC(C)C(C)S(=O)(=O)CCOc1ccccc1N. The summed E-state index contributed by atoms with van der Waals surface area (Å²) in [6.45, 7) is 5.67. The van der Waals surface area contributed by atoms with Gasteiger partial charge in [-0.15, -0.1) is 0 Å². The molecule has 1 aromatic rings. The van der Waals surface area contributed by atoms with Gasteiger partial charge in [0.1, 0.15) is 12.4 Å². The third-order valence-electron chi connectivity index (χ3n) is 3.05. The zero-order valence-corrected chi connectivity index (χ0v) is 11.9. The topological polar surface area (TPSA) is 69.4 Å². The molecule has 102 valence electrons. The molecule has 0 aliphatic rings. The van der Waals surface area contributed by atoms with E-state index in [0.29, 0.717) is 11.4 Å². The molecular formula is C13H21NO3S. The average molecular weight is 271 g/mol. The molecule has 0 fully saturated rings. The van der Waals surface area contributed by atoms with Crippen LogP contribution in [-0.4, -0.2) is 26.0 Å². The zero-order chi connectivity index (χ0) is 13.8. The number of benzene rings is 1. The summed E-state index contributed by atoms with van der Waals surface area (Å²) in [4.78, 5) is 0. The summed E-state index contributed by atoms with van der Waals surface area (Å²) < 4.78 is 29.3. The molecule has 2 N–H and O–H groups in total. The Kier molecular flexibility index (Phi) is 5.02. The summed E-state index contributed by atoms with van der Waals surface area (Å²) >= 11 is 0. The Balaban J connectivity index is 2.55. The van der Waals surface area contributed by atoms with Gasteiger partial charge in [-0.1, -0.05) is 26.0 Å². The van der Waals surface area contributed by atoms with Gasteiger partial charge in [-0.05, 0) is 25.0 Å². The minimum Gasteiger partial charge on any atom is -0.490 e. The van der Waals surface area contributed by atoms with E-state index in [1.807, 2.05) is 13.8 Å². The molecule has 0 saturated carbocycles. The molecule has 0 spiro atoms. The van der Waals surface area contributed by atoms with Crippen LogP contribution in [0, 0.1) is 5.92 Å². The fraction of sp³-hybridized carbons (Fsp3) is 0.538. The number of rotatable bonds is 6. The molecule has 0 aliphatic carbocycles. The van der Waals surface area contributed by atoms with Crippen LogP contribution in [0.2, 0.25) is 0 Å². The molecule has 1 unspecified atom stereocenters. The number of anilines is 1. The van der Waals surface area contributed by atoms with Crippen molar-refractivity contribution in [3.8, 4) is 5.75 Å². The van der Waals surface area contributed by atoms with E-state index in [9.17, 15) is 8.42 Å². The van der Waals surface area contributed by atoms with Gasteiger partial charge in [0.05, 0.1) is 16.7 Å². The second kappa shape index (κ2) is 6.09. The standard InChI is InChI=1S/C13H21NO3S/c1-10(2)11(3)18(15,16)9-8-17-13-7-5-4-6-12(13)14/h4-7,10-11H,8-9,14H2,1-3H3. The predicted octanol–water partition coefficient (Wildman–Crippen LogP) is 2.11. The quantitative estimate of drug-likeness (QED) is 0.804. The van der Waals surface area contributed by atoms with Gasteiger partial charge >= 0.3 is 0 Å². The van der Waals surface area contributed by atoms with Crippen molar-refractivity contribution in [2.75, 3.05) is 18.1 Å². The first-order chi connectivity index (χ1) is 8.34. The predicted molar refractivity (Wildman–Crippen MR) is 74.4 cm³/mol. The summed E-state index contributed by atoms with van der Waals surface area (Å²) in [5, 5.41) is -0.353. The summed E-state index contributed by atoms with van der Waals surface area (Å²) in [5.74, 6) is 0.655. The lowest BCUT2D eigenvalue weighted by atomic mass is 10.2. The molecule has 4 nitrogen and oxygen atoms in total. The zero-order valence-electron chi connectivity index (χ0n) is 11.1. The van der Waals surface area contributed by atoms with E-state index >= 15 is 0 Å². The number of nitrogens with two attached hydrogens (primary N) is 1. The molecule has 1 aromatic carbocycles. The Morgan fingerprint density at radius 2 is 1.83 bits per heavy atom. The summed E-state index contributed by atoms with van der Waals surface area (Å²) in [7, 11) is -3.11. The number of sulfone groups is 1. The van der Waals surface area contributed by atoms with Crippen LogP contribution in [0.5, 0.6) is 5.75 Å². The summed E-state index contributed by atoms with van der Waals surface area (Å²) in [6.07, 6.45) is 0. The maximum atomic E-state index is 11.9. The van der Waals surface area contributed by atoms with Crippen molar-refractivity contribution >= 4 is 15.5 Å². The fourth-order valence-corrected chi connectivity index (χ4v) is 3.00. The second-order valence-electron chi connectivity index (χ2n) is 4.70. The third kappa shape index (κ3) is 3.91. The lowest BCUT2D eigenvalue weighted by Crippen LogP contribution is -2.28. The molecule has 0 radical (unpaired) electrons. The van der Waals surface area contributed by atoms with Gasteiger partial charge in [0.2, 0.25) is 0 Å². The molecule has 1 rings (SSSR count). The highest BCUT2D eigenvalue weighted by molar-refractivity contribution is 7.92. The number of hydrogen-bond acceptors (Lipinski definition) is 4. The highest BCUT2D eigenvalue weighted by Gasteiger charge is 2.23. The van der Waals surface area contributed by atoms with Crippen LogP contribution in [0.3, 0.4) is 0 Å². The Bertz CT molecular complexity index is 483. The second-order valence-corrected chi connectivity index (χ2v) is 7.18. The van der Waals surface area contributed by atoms with Gasteiger partial charge in [0.15, 0.2) is 9.84 Å². The van der Waals surface area contributed by atoms with E-state index in [2.05, 4.69) is 0 Å². The Morgan fingerprint density at radius 1 is 1.22 bits per heavy atom. The highest BCUT2D eigenvalue weighted by Crippen LogP contribution is 2.20. The lowest BCUT2D eigenvalue weighted by molar-refractivity contribution is 0.341. The van der Waals surface area contributed by atoms with Gasteiger partial charge < -0.3 is 10.5 Å². The molecule has 0 saturated heterocycles. The van der Waals surface area contributed by atoms with E-state index < -0.39 is 9.84 Å². The van der Waals surface area contributed by atoms with Crippen molar-refractivity contribution in [2.24, 2.45) is 5.92 Å². The van der Waals surface area contributed by atoms with Crippen LogP contribution < -0.4 is 10.5 Å². The van der Waals surface area contributed by atoms with Crippen molar-refractivity contribution in [1.29, 1.82) is 0 Å². The number of ether oxygens (including phenoxy) is 1. The number of nitrogen functional groups attached to an aromatic ring is 1. The third-order valence-corrected chi connectivity index (χ3v) is 5.46. The van der Waals surface area contributed by atoms with E-state index in [0.717, 1.165) is 0 Å². The molecular weight excluding hydrogens is 250 g/mol. The highest BCUT2D eigenvalue weighted by atomic mass is 32.2. The Hall–Kier alpha value is -1.23. The molecule has 0 aliphatic heterocycles. The van der Waals surface area contributed by atoms with E-state index in [-0.39, 0.29) is 23.5 Å². The smallest absolute Gasteiger partial charge is 0.156 e. The number of hydrogen-bond donors (Lipinski definition) is 1. The molecule has 0 heterocycles. The first-order valence-electron chi connectivity index (χ1n) is 6.03. The van der Waals surface area contributed by atoms with Crippen LogP contribution in [0.1, 0.15) is 20.8 Å². The van der Waals surface area contributed by atoms with Gasteiger partial charge in [0, 0.05) is 0 Å². The normalized spacial score (nSPS) is 13.6. The van der Waals surface area contributed by atoms with E-state index in [1.54, 1.807) is 31.2 Å². The average Bonchev–Trinajstić information content (AvgIpc) is 2.30. The summed E-state index contributed by atoms with van der Waals surface area (Å²) in [6, 6.07) is 7.06. The van der Waals surface area contributed by atoms with Crippen LogP contribution in [0.4, 0.5) is 5.69 Å². The van der Waals surface area contributed by atoms with Gasteiger partial charge in [0.25, 0.3) is 0 Å². The maximum Gasteiger partial charge on any atom is 0.156 e. The molecule has 5 heteroatoms. The largest absolute Gasteiger partial charge is 0.490 e. The van der Waals surface area contributed by atoms with Crippen LogP contribution in [0.15, 0.2) is 24.3 Å². The Labute approximate surface area is 109 Å². The van der Waals surface area contributed by atoms with Gasteiger partial charge in [-0.25, -0.2) is 8.42 Å². The lowest BCUT2D eigenvalue weighted by Gasteiger charge is -2.16. The summed E-state index contributed by atoms with van der Waals surface area (Å²) in [5.41, 5.74) is 6.22.